The largest absolute Gasteiger partial charge is 0.417 e. The third-order valence-corrected chi connectivity index (χ3v) is 3.57. The number of aromatic nitrogens is 1. The van der Waals surface area contributed by atoms with E-state index in [0.29, 0.717) is 6.07 Å². The van der Waals surface area contributed by atoms with Crippen molar-refractivity contribution in [1.82, 2.24) is 4.98 Å². The Labute approximate surface area is 134 Å². The van der Waals surface area contributed by atoms with Gasteiger partial charge >= 0.3 is 6.18 Å². The van der Waals surface area contributed by atoms with E-state index >= 15 is 0 Å². The summed E-state index contributed by atoms with van der Waals surface area (Å²) in [6.07, 6.45) is -4.00. The lowest BCUT2D eigenvalue weighted by Crippen LogP contribution is -2.15. The lowest BCUT2D eigenvalue weighted by atomic mass is 9.98. The minimum Gasteiger partial charge on any atom is -0.288 e. The van der Waals surface area contributed by atoms with Crippen LogP contribution < -0.4 is 0 Å². The molecule has 0 spiro atoms. The van der Waals surface area contributed by atoms with Gasteiger partial charge in [-0.15, -0.1) is 0 Å². The molecule has 0 bridgehead atoms. The zero-order chi connectivity index (χ0) is 16.5. The van der Waals surface area contributed by atoms with Gasteiger partial charge in [-0.3, -0.25) is 4.79 Å². The smallest absolute Gasteiger partial charge is 0.288 e. The third-order valence-electron chi connectivity index (χ3n) is 3.10. The van der Waals surface area contributed by atoms with E-state index in [0.717, 1.165) is 12.0 Å². The molecule has 0 unspecified atom stereocenters. The maximum atomic E-state index is 13.1. The van der Waals surface area contributed by atoms with Crippen molar-refractivity contribution in [3.63, 3.8) is 0 Å². The summed E-state index contributed by atoms with van der Waals surface area (Å²) in [4.78, 5) is 15.9. The summed E-state index contributed by atoms with van der Waals surface area (Å²) in [5.74, 6) is -0.843. The summed E-state index contributed by atoms with van der Waals surface area (Å²) in [6, 6.07) is 6.88. The molecule has 0 atom stereocenters. The molecule has 0 aliphatic heterocycles. The van der Waals surface area contributed by atoms with E-state index in [2.05, 4.69) is 4.98 Å². The van der Waals surface area contributed by atoms with Gasteiger partial charge < -0.3 is 0 Å². The van der Waals surface area contributed by atoms with Gasteiger partial charge in [0.1, 0.15) is 10.3 Å². The van der Waals surface area contributed by atoms with Gasteiger partial charge in [0.25, 0.3) is 0 Å². The van der Waals surface area contributed by atoms with E-state index in [1.807, 2.05) is 6.92 Å². The normalized spacial score (nSPS) is 11.5. The van der Waals surface area contributed by atoms with Crippen molar-refractivity contribution in [2.45, 2.75) is 19.5 Å². The number of hydrogen-bond acceptors (Lipinski definition) is 2. The van der Waals surface area contributed by atoms with Crippen LogP contribution in [0.15, 0.2) is 30.3 Å². The van der Waals surface area contributed by atoms with Crippen molar-refractivity contribution in [2.24, 2.45) is 0 Å². The van der Waals surface area contributed by atoms with Crippen LogP contribution in [0.25, 0.3) is 0 Å². The molecule has 1 aromatic carbocycles. The second-order valence-electron chi connectivity index (χ2n) is 4.54. The van der Waals surface area contributed by atoms with Gasteiger partial charge in [0.05, 0.1) is 11.1 Å². The van der Waals surface area contributed by atoms with E-state index in [-0.39, 0.29) is 5.56 Å². The van der Waals surface area contributed by atoms with E-state index in [9.17, 15) is 18.0 Å². The highest BCUT2D eigenvalue weighted by atomic mass is 35.5. The topological polar surface area (TPSA) is 30.0 Å². The molecule has 0 fully saturated rings. The first kappa shape index (κ1) is 16.8. The van der Waals surface area contributed by atoms with E-state index in [1.165, 1.54) is 12.1 Å². The monoisotopic (exact) mass is 347 g/mol. The van der Waals surface area contributed by atoms with E-state index in [1.54, 1.807) is 12.1 Å². The molecule has 22 heavy (non-hydrogen) atoms. The predicted molar refractivity (Wildman–Crippen MR) is 78.5 cm³/mol. The standard InChI is InChI=1S/C15H10Cl2F3NO/c1-2-8-3-5-9(6-4-8)13(22)12-10(15(18,19)20)7-11(16)21-14(12)17/h3-7H,2H2,1H3. The van der Waals surface area contributed by atoms with Crippen LogP contribution in [0.1, 0.15) is 34.0 Å². The van der Waals surface area contributed by atoms with Crippen molar-refractivity contribution >= 4 is 29.0 Å². The second-order valence-corrected chi connectivity index (χ2v) is 5.28. The number of nitrogens with zero attached hydrogens (tertiary/aromatic N) is 1. The number of aryl methyl sites for hydroxylation is 1. The van der Waals surface area contributed by atoms with Crippen molar-refractivity contribution in [3.05, 3.63) is 62.9 Å². The Morgan fingerprint density at radius 2 is 1.77 bits per heavy atom. The number of pyridine rings is 1. The minimum atomic E-state index is -4.76. The first-order valence-corrected chi connectivity index (χ1v) is 7.06. The summed E-state index contributed by atoms with van der Waals surface area (Å²) in [5.41, 5.74) is -0.813. The van der Waals surface area contributed by atoms with Gasteiger partial charge in [0, 0.05) is 5.56 Å². The van der Waals surface area contributed by atoms with Crippen LogP contribution >= 0.6 is 23.2 Å². The Morgan fingerprint density at radius 3 is 2.27 bits per heavy atom. The number of carbonyl (C=O) groups is 1. The molecule has 0 saturated carbocycles. The summed E-state index contributed by atoms with van der Waals surface area (Å²) < 4.78 is 39.3. The molecule has 0 radical (unpaired) electrons. The van der Waals surface area contributed by atoms with Crippen LogP contribution in [0.5, 0.6) is 0 Å². The molecule has 116 valence electrons. The predicted octanol–water partition coefficient (Wildman–Crippen LogP) is 5.20. The van der Waals surface area contributed by atoms with Crippen molar-refractivity contribution in [2.75, 3.05) is 0 Å². The Morgan fingerprint density at radius 1 is 1.18 bits per heavy atom. The molecule has 0 saturated heterocycles. The summed E-state index contributed by atoms with van der Waals surface area (Å²) in [5, 5.41) is -0.986. The van der Waals surface area contributed by atoms with Gasteiger partial charge in [0.2, 0.25) is 0 Å². The summed E-state index contributed by atoms with van der Waals surface area (Å²) in [7, 11) is 0. The summed E-state index contributed by atoms with van der Waals surface area (Å²) in [6.45, 7) is 1.93. The number of rotatable bonds is 3. The van der Waals surface area contributed by atoms with Crippen molar-refractivity contribution in [3.8, 4) is 0 Å². The molecule has 0 amide bonds. The number of alkyl halides is 3. The maximum absolute atomic E-state index is 13.1. The van der Waals surface area contributed by atoms with Crippen LogP contribution in [-0.4, -0.2) is 10.8 Å². The lowest BCUT2D eigenvalue weighted by Gasteiger charge is -2.13. The number of hydrogen-bond donors (Lipinski definition) is 0. The maximum Gasteiger partial charge on any atom is 0.417 e. The molecular weight excluding hydrogens is 338 g/mol. The number of ketones is 1. The molecule has 2 nitrogen and oxygen atoms in total. The van der Waals surface area contributed by atoms with Crippen LogP contribution in [0.3, 0.4) is 0 Å². The molecule has 0 N–H and O–H groups in total. The van der Waals surface area contributed by atoms with Gasteiger partial charge in [-0.05, 0) is 18.1 Å². The minimum absolute atomic E-state index is 0.105. The Hall–Kier alpha value is -1.59. The molecule has 0 aliphatic carbocycles. The van der Waals surface area contributed by atoms with Crippen molar-refractivity contribution < 1.29 is 18.0 Å². The molecule has 2 rings (SSSR count). The number of benzene rings is 1. The number of halogens is 5. The van der Waals surface area contributed by atoms with Crippen LogP contribution in [0.4, 0.5) is 13.2 Å². The lowest BCUT2D eigenvalue weighted by molar-refractivity contribution is -0.137. The Kier molecular flexibility index (Phi) is 4.78. The Balaban J connectivity index is 2.57. The third kappa shape index (κ3) is 3.42. The molecule has 1 heterocycles. The Bertz CT molecular complexity index is 712. The zero-order valence-corrected chi connectivity index (χ0v) is 12.9. The molecule has 0 aliphatic rings. The van der Waals surface area contributed by atoms with Gasteiger partial charge in [-0.1, -0.05) is 54.4 Å². The molecular formula is C15H10Cl2F3NO. The van der Waals surface area contributed by atoms with Gasteiger partial charge in [-0.2, -0.15) is 13.2 Å². The fraction of sp³-hybridized carbons (Fsp3) is 0.200. The average Bonchev–Trinajstić information content (AvgIpc) is 2.45. The van der Waals surface area contributed by atoms with Crippen molar-refractivity contribution in [1.29, 1.82) is 0 Å². The van der Waals surface area contributed by atoms with Gasteiger partial charge in [0.15, 0.2) is 5.78 Å². The first-order chi connectivity index (χ1) is 10.2. The highest BCUT2D eigenvalue weighted by Gasteiger charge is 2.37. The van der Waals surface area contributed by atoms with E-state index in [4.69, 9.17) is 23.2 Å². The molecule has 7 heteroatoms. The van der Waals surface area contributed by atoms with Crippen LogP contribution in [0.2, 0.25) is 10.3 Å². The van der Waals surface area contributed by atoms with Gasteiger partial charge in [-0.25, -0.2) is 4.98 Å². The fourth-order valence-corrected chi connectivity index (χ4v) is 2.48. The SMILES string of the molecule is CCc1ccc(C(=O)c2c(C(F)(F)F)cc(Cl)nc2Cl)cc1. The zero-order valence-electron chi connectivity index (χ0n) is 11.3. The highest BCUT2D eigenvalue weighted by molar-refractivity contribution is 6.35. The highest BCUT2D eigenvalue weighted by Crippen LogP contribution is 2.37. The fourth-order valence-electron chi connectivity index (χ4n) is 1.96. The quantitative estimate of drug-likeness (QED) is 0.564. The van der Waals surface area contributed by atoms with Crippen LogP contribution in [-0.2, 0) is 12.6 Å². The summed E-state index contributed by atoms with van der Waals surface area (Å²) >= 11 is 11.2. The molecule has 1 aromatic heterocycles. The van der Waals surface area contributed by atoms with Crippen LogP contribution in [0, 0.1) is 0 Å². The number of carbonyl (C=O) groups excluding carboxylic acids is 1. The van der Waals surface area contributed by atoms with E-state index < -0.39 is 33.4 Å². The second kappa shape index (κ2) is 6.26. The first-order valence-electron chi connectivity index (χ1n) is 6.31. The average molecular weight is 348 g/mol. The molecule has 2 aromatic rings.